The van der Waals surface area contributed by atoms with Crippen LogP contribution in [0, 0.1) is 0 Å². The van der Waals surface area contributed by atoms with Gasteiger partial charge in [-0.3, -0.25) is 9.59 Å². The van der Waals surface area contributed by atoms with Crippen molar-refractivity contribution in [3.8, 4) is 17.0 Å². The molecule has 8 nitrogen and oxygen atoms in total. The van der Waals surface area contributed by atoms with Gasteiger partial charge in [0.15, 0.2) is 0 Å². The Kier molecular flexibility index (Phi) is 4.08. The highest BCUT2D eigenvalue weighted by Gasteiger charge is 2.20. The first-order valence-corrected chi connectivity index (χ1v) is 8.30. The molecule has 3 aromatic rings. The molecule has 1 aromatic carbocycles. The van der Waals surface area contributed by atoms with Crippen LogP contribution in [-0.4, -0.2) is 33.5 Å². The highest BCUT2D eigenvalue weighted by molar-refractivity contribution is 6.04. The summed E-state index contributed by atoms with van der Waals surface area (Å²) in [4.78, 5) is 32.5. The molecule has 0 saturated heterocycles. The molecule has 3 heterocycles. The van der Waals surface area contributed by atoms with E-state index in [1.165, 1.54) is 13.3 Å². The Labute approximate surface area is 155 Å². The van der Waals surface area contributed by atoms with Gasteiger partial charge in [0.1, 0.15) is 11.4 Å². The van der Waals surface area contributed by atoms with Crippen molar-refractivity contribution < 1.29 is 14.3 Å². The number of ether oxygens (including phenoxy) is 1. The maximum absolute atomic E-state index is 12.5. The second-order valence-corrected chi connectivity index (χ2v) is 6.18. The summed E-state index contributed by atoms with van der Waals surface area (Å²) in [5.74, 6) is -0.0585. The predicted molar refractivity (Wildman–Crippen MR) is 98.6 cm³/mol. The number of carbonyl (C=O) groups is 2. The average Bonchev–Trinajstić information content (AvgIpc) is 3.27. The first-order valence-electron chi connectivity index (χ1n) is 8.30. The molecule has 0 radical (unpaired) electrons. The van der Waals surface area contributed by atoms with E-state index >= 15 is 0 Å². The highest BCUT2D eigenvalue weighted by Crippen LogP contribution is 2.30. The summed E-state index contributed by atoms with van der Waals surface area (Å²) in [5, 5.41) is 5.62. The number of hydrogen-bond donors (Lipinski definition) is 2. The van der Waals surface area contributed by atoms with Gasteiger partial charge in [0.05, 0.1) is 19.6 Å². The van der Waals surface area contributed by atoms with Crippen molar-refractivity contribution in [1.29, 1.82) is 0 Å². The monoisotopic (exact) mass is 363 g/mol. The van der Waals surface area contributed by atoms with Gasteiger partial charge in [-0.25, -0.2) is 9.97 Å². The number of rotatable bonds is 4. The number of imidazole rings is 1. The topological polar surface area (TPSA) is 98.1 Å². The van der Waals surface area contributed by atoms with Crippen molar-refractivity contribution in [2.75, 3.05) is 12.4 Å². The lowest BCUT2D eigenvalue weighted by Crippen LogP contribution is -2.16. The van der Waals surface area contributed by atoms with Gasteiger partial charge >= 0.3 is 0 Å². The minimum Gasteiger partial charge on any atom is -0.480 e. The Morgan fingerprint density at radius 2 is 2.11 bits per heavy atom. The molecular weight excluding hydrogens is 346 g/mol. The Hall–Kier alpha value is -3.68. The van der Waals surface area contributed by atoms with E-state index in [1.54, 1.807) is 36.3 Å². The summed E-state index contributed by atoms with van der Waals surface area (Å²) in [7, 11) is 3.24. The summed E-state index contributed by atoms with van der Waals surface area (Å²) in [6.45, 7) is 0.510. The molecular formula is C19H17N5O3. The molecule has 4 rings (SSSR count). The van der Waals surface area contributed by atoms with Gasteiger partial charge in [-0.05, 0) is 29.3 Å². The fourth-order valence-corrected chi connectivity index (χ4v) is 3.04. The number of aryl methyl sites for hydroxylation is 1. The summed E-state index contributed by atoms with van der Waals surface area (Å²) in [6, 6.07) is 7.40. The minimum atomic E-state index is -0.309. The number of benzene rings is 1. The number of hydrogen-bond acceptors (Lipinski definition) is 5. The van der Waals surface area contributed by atoms with Crippen molar-refractivity contribution >= 4 is 17.5 Å². The van der Waals surface area contributed by atoms with E-state index in [9.17, 15) is 9.59 Å². The SMILES string of the molecule is COc1ncc(-c2ccc3c(c2)CNC3=O)cc1NC(=O)c1cncn1C. The molecule has 1 aliphatic heterocycles. The third-order valence-corrected chi connectivity index (χ3v) is 4.46. The normalized spacial score (nSPS) is 12.4. The van der Waals surface area contributed by atoms with Gasteiger partial charge in [0.25, 0.3) is 11.8 Å². The lowest BCUT2D eigenvalue weighted by molar-refractivity contribution is 0.0964. The smallest absolute Gasteiger partial charge is 0.274 e. The second kappa shape index (κ2) is 6.56. The van der Waals surface area contributed by atoms with Crippen molar-refractivity contribution in [1.82, 2.24) is 19.9 Å². The lowest BCUT2D eigenvalue weighted by atomic mass is 10.0. The van der Waals surface area contributed by atoms with Gasteiger partial charge < -0.3 is 19.9 Å². The van der Waals surface area contributed by atoms with E-state index in [4.69, 9.17) is 4.74 Å². The number of methoxy groups -OCH3 is 1. The van der Waals surface area contributed by atoms with Gasteiger partial charge in [-0.1, -0.05) is 6.07 Å². The molecule has 2 amide bonds. The summed E-state index contributed by atoms with van der Waals surface area (Å²) < 4.78 is 6.90. The molecule has 0 atom stereocenters. The molecule has 0 spiro atoms. The second-order valence-electron chi connectivity index (χ2n) is 6.18. The molecule has 2 aromatic heterocycles. The van der Waals surface area contributed by atoms with Crippen LogP contribution in [0.1, 0.15) is 26.4 Å². The Bertz CT molecular complexity index is 1060. The standard InChI is InChI=1S/C19H17N5O3/c1-24-10-20-9-16(24)18(26)23-15-6-12(7-22-19(15)27-2)11-3-4-14-13(5-11)8-21-17(14)25/h3-7,9-10H,8H2,1-2H3,(H,21,25)(H,23,26). The first kappa shape index (κ1) is 16.8. The van der Waals surface area contributed by atoms with Gasteiger partial charge in [0, 0.05) is 30.9 Å². The fourth-order valence-electron chi connectivity index (χ4n) is 3.04. The van der Waals surface area contributed by atoms with Crippen LogP contribution in [0.15, 0.2) is 43.0 Å². The molecule has 2 N–H and O–H groups in total. The maximum Gasteiger partial charge on any atom is 0.274 e. The quantitative estimate of drug-likeness (QED) is 0.739. The van der Waals surface area contributed by atoms with E-state index in [0.29, 0.717) is 29.4 Å². The van der Waals surface area contributed by atoms with Crippen LogP contribution in [0.2, 0.25) is 0 Å². The zero-order valence-electron chi connectivity index (χ0n) is 14.8. The molecule has 8 heteroatoms. The summed E-state index contributed by atoms with van der Waals surface area (Å²) >= 11 is 0. The van der Waals surface area contributed by atoms with Crippen molar-refractivity contribution in [3.05, 3.63) is 59.8 Å². The molecule has 27 heavy (non-hydrogen) atoms. The van der Waals surface area contributed by atoms with E-state index in [1.807, 2.05) is 12.1 Å². The zero-order valence-corrected chi connectivity index (χ0v) is 14.8. The highest BCUT2D eigenvalue weighted by atomic mass is 16.5. The molecule has 0 saturated carbocycles. The van der Waals surface area contributed by atoms with Crippen LogP contribution in [0.5, 0.6) is 5.88 Å². The van der Waals surface area contributed by atoms with E-state index in [-0.39, 0.29) is 11.8 Å². The maximum atomic E-state index is 12.5. The van der Waals surface area contributed by atoms with Crippen LogP contribution in [0.25, 0.3) is 11.1 Å². The predicted octanol–water partition coefficient (Wildman–Crippen LogP) is 1.99. The fraction of sp³-hybridized carbons (Fsp3) is 0.158. The number of pyridine rings is 1. The summed E-state index contributed by atoms with van der Waals surface area (Å²) in [5.41, 5.74) is 4.20. The number of carbonyl (C=O) groups excluding carboxylic acids is 2. The Morgan fingerprint density at radius 1 is 1.26 bits per heavy atom. The third-order valence-electron chi connectivity index (χ3n) is 4.46. The summed E-state index contributed by atoms with van der Waals surface area (Å²) in [6.07, 6.45) is 4.72. The van der Waals surface area contributed by atoms with Crippen LogP contribution in [0.3, 0.4) is 0 Å². The van der Waals surface area contributed by atoms with Crippen molar-refractivity contribution in [3.63, 3.8) is 0 Å². The van der Waals surface area contributed by atoms with Crippen molar-refractivity contribution in [2.24, 2.45) is 7.05 Å². The van der Waals surface area contributed by atoms with E-state index in [2.05, 4.69) is 20.6 Å². The molecule has 0 unspecified atom stereocenters. The molecule has 0 bridgehead atoms. The largest absolute Gasteiger partial charge is 0.480 e. The number of aromatic nitrogens is 3. The Morgan fingerprint density at radius 3 is 2.85 bits per heavy atom. The Balaban J connectivity index is 1.68. The minimum absolute atomic E-state index is 0.0615. The number of amides is 2. The van der Waals surface area contributed by atoms with E-state index in [0.717, 1.165) is 16.7 Å². The molecule has 1 aliphatic rings. The van der Waals surface area contributed by atoms with Crippen LogP contribution in [-0.2, 0) is 13.6 Å². The number of anilines is 1. The number of nitrogens with one attached hydrogen (secondary N) is 2. The van der Waals surface area contributed by atoms with E-state index < -0.39 is 0 Å². The third kappa shape index (κ3) is 3.01. The van der Waals surface area contributed by atoms with Gasteiger partial charge in [-0.2, -0.15) is 0 Å². The van der Waals surface area contributed by atoms with Crippen molar-refractivity contribution in [2.45, 2.75) is 6.54 Å². The molecule has 0 aliphatic carbocycles. The number of fused-ring (bicyclic) bond motifs is 1. The lowest BCUT2D eigenvalue weighted by Gasteiger charge is -2.12. The molecule has 0 fully saturated rings. The van der Waals surface area contributed by atoms with Gasteiger partial charge in [-0.15, -0.1) is 0 Å². The first-order chi connectivity index (χ1) is 13.1. The van der Waals surface area contributed by atoms with Crippen LogP contribution < -0.4 is 15.4 Å². The van der Waals surface area contributed by atoms with Crippen LogP contribution in [0.4, 0.5) is 5.69 Å². The zero-order chi connectivity index (χ0) is 19.0. The molecule has 136 valence electrons. The van der Waals surface area contributed by atoms with Crippen LogP contribution >= 0.6 is 0 Å². The number of nitrogens with zero attached hydrogens (tertiary/aromatic N) is 3. The average molecular weight is 363 g/mol. The van der Waals surface area contributed by atoms with Gasteiger partial charge in [0.2, 0.25) is 5.88 Å².